The Hall–Kier alpha value is -2.44. The monoisotopic (exact) mass is 311 g/mol. The highest BCUT2D eigenvalue weighted by molar-refractivity contribution is 5.64. The largest absolute Gasteiger partial charge is 0.353 e. The zero-order valence-electron chi connectivity index (χ0n) is 13.7. The fourth-order valence-corrected chi connectivity index (χ4v) is 3.26. The molecule has 0 radical (unpaired) electrons. The third kappa shape index (κ3) is 2.36. The maximum absolute atomic E-state index is 4.50. The van der Waals surface area contributed by atoms with Crippen molar-refractivity contribution in [3.63, 3.8) is 0 Å². The Labute approximate surface area is 135 Å². The fourth-order valence-electron chi connectivity index (χ4n) is 3.26. The maximum Gasteiger partial charge on any atom is 0.203 e. The first-order valence-corrected chi connectivity index (χ1v) is 8.06. The van der Waals surface area contributed by atoms with Crippen molar-refractivity contribution in [3.8, 4) is 0 Å². The predicted octanol–water partition coefficient (Wildman–Crippen LogP) is 1.89. The normalized spacial score (nSPS) is 15.6. The number of aromatic nitrogens is 6. The zero-order chi connectivity index (χ0) is 16.0. The van der Waals surface area contributed by atoms with Crippen LogP contribution in [0.2, 0.25) is 0 Å². The molecule has 1 aliphatic heterocycles. The summed E-state index contributed by atoms with van der Waals surface area (Å²) < 4.78 is 4.27. The van der Waals surface area contributed by atoms with Gasteiger partial charge in [0.2, 0.25) is 5.65 Å². The molecule has 0 N–H and O–H groups in total. The summed E-state index contributed by atoms with van der Waals surface area (Å²) in [7, 11) is 0. The topological polar surface area (TPSA) is 64.1 Å². The number of nitrogens with zero attached hydrogens (tertiary/aromatic N) is 7. The Morgan fingerprint density at radius 1 is 1.13 bits per heavy atom. The summed E-state index contributed by atoms with van der Waals surface area (Å²) in [4.78, 5) is 11.2. The van der Waals surface area contributed by atoms with Gasteiger partial charge in [-0.2, -0.15) is 0 Å². The van der Waals surface area contributed by atoms with Gasteiger partial charge >= 0.3 is 0 Å². The van der Waals surface area contributed by atoms with E-state index in [9.17, 15) is 0 Å². The average Bonchev–Trinajstić information content (AvgIpc) is 3.10. The van der Waals surface area contributed by atoms with Crippen molar-refractivity contribution in [3.05, 3.63) is 36.4 Å². The molecule has 120 valence electrons. The van der Waals surface area contributed by atoms with Crippen molar-refractivity contribution >= 4 is 11.5 Å². The van der Waals surface area contributed by atoms with Crippen molar-refractivity contribution in [2.45, 2.75) is 33.2 Å². The first-order valence-electron chi connectivity index (χ1n) is 8.06. The smallest absolute Gasteiger partial charge is 0.203 e. The highest BCUT2D eigenvalue weighted by atomic mass is 15.3. The third-order valence-electron chi connectivity index (χ3n) is 4.45. The van der Waals surface area contributed by atoms with Gasteiger partial charge in [0.05, 0.1) is 0 Å². The molecular formula is C16H21N7. The van der Waals surface area contributed by atoms with Gasteiger partial charge in [-0.25, -0.2) is 9.97 Å². The molecule has 3 aromatic heterocycles. The molecule has 7 nitrogen and oxygen atoms in total. The van der Waals surface area contributed by atoms with Gasteiger partial charge in [0, 0.05) is 56.3 Å². The number of anilines is 1. The van der Waals surface area contributed by atoms with Gasteiger partial charge in [-0.15, -0.1) is 10.2 Å². The molecule has 1 fully saturated rings. The van der Waals surface area contributed by atoms with E-state index in [0.29, 0.717) is 11.8 Å². The van der Waals surface area contributed by atoms with Gasteiger partial charge < -0.3 is 9.47 Å². The standard InChI is InChI=1S/C16H21N7/c1-11(2)14-17-4-6-21(14)8-13-9-22(10-13)15-16-20-19-12(3)23(16)7-5-18-15/h4-7,11,13H,8-10H2,1-3H3. The van der Waals surface area contributed by atoms with E-state index in [1.807, 2.05) is 29.9 Å². The lowest BCUT2D eigenvalue weighted by Gasteiger charge is -2.40. The molecule has 0 aliphatic carbocycles. The van der Waals surface area contributed by atoms with E-state index in [1.54, 1.807) is 0 Å². The van der Waals surface area contributed by atoms with Crippen LogP contribution in [0.3, 0.4) is 0 Å². The first-order chi connectivity index (χ1) is 11.1. The molecule has 4 heterocycles. The van der Waals surface area contributed by atoms with Crippen LogP contribution in [0.15, 0.2) is 24.8 Å². The van der Waals surface area contributed by atoms with Crippen molar-refractivity contribution in [1.82, 2.24) is 29.1 Å². The number of imidazole rings is 1. The second-order valence-corrected chi connectivity index (χ2v) is 6.56. The summed E-state index contributed by atoms with van der Waals surface area (Å²) in [5, 5.41) is 8.39. The van der Waals surface area contributed by atoms with E-state index in [-0.39, 0.29) is 0 Å². The highest BCUT2D eigenvalue weighted by Gasteiger charge is 2.30. The van der Waals surface area contributed by atoms with Crippen LogP contribution < -0.4 is 4.90 Å². The minimum absolute atomic E-state index is 0.454. The molecular weight excluding hydrogens is 290 g/mol. The predicted molar refractivity (Wildman–Crippen MR) is 87.5 cm³/mol. The van der Waals surface area contributed by atoms with E-state index < -0.39 is 0 Å². The minimum Gasteiger partial charge on any atom is -0.353 e. The molecule has 1 saturated heterocycles. The molecule has 1 aliphatic rings. The molecule has 0 saturated carbocycles. The lowest BCUT2D eigenvalue weighted by atomic mass is 10.00. The van der Waals surface area contributed by atoms with Crippen molar-refractivity contribution < 1.29 is 0 Å². The summed E-state index contributed by atoms with van der Waals surface area (Å²) in [5.41, 5.74) is 0.842. The molecule has 7 heteroatoms. The van der Waals surface area contributed by atoms with Gasteiger partial charge in [0.25, 0.3) is 0 Å². The van der Waals surface area contributed by atoms with Crippen molar-refractivity contribution in [2.24, 2.45) is 5.92 Å². The van der Waals surface area contributed by atoms with Crippen LogP contribution in [0, 0.1) is 12.8 Å². The lowest BCUT2D eigenvalue weighted by Crippen LogP contribution is -2.49. The lowest BCUT2D eigenvalue weighted by molar-refractivity contribution is 0.349. The first kappa shape index (κ1) is 14.2. The fraction of sp³-hybridized carbons (Fsp3) is 0.500. The van der Waals surface area contributed by atoms with E-state index in [2.05, 4.69) is 49.7 Å². The number of hydrogen-bond acceptors (Lipinski definition) is 5. The van der Waals surface area contributed by atoms with Crippen LogP contribution in [0.25, 0.3) is 5.65 Å². The minimum atomic E-state index is 0.454. The zero-order valence-corrected chi connectivity index (χ0v) is 13.7. The maximum atomic E-state index is 4.50. The van der Waals surface area contributed by atoms with Crippen LogP contribution in [0.1, 0.15) is 31.4 Å². The molecule has 4 rings (SSSR count). The summed E-state index contributed by atoms with van der Waals surface area (Å²) in [6.45, 7) is 9.32. The molecule has 3 aromatic rings. The molecule has 0 amide bonds. The van der Waals surface area contributed by atoms with Crippen LogP contribution in [0.5, 0.6) is 0 Å². The quantitative estimate of drug-likeness (QED) is 0.736. The van der Waals surface area contributed by atoms with Gasteiger partial charge in [-0.1, -0.05) is 13.8 Å². The summed E-state index contributed by atoms with van der Waals surface area (Å²) in [5.74, 6) is 4.06. The third-order valence-corrected chi connectivity index (χ3v) is 4.45. The summed E-state index contributed by atoms with van der Waals surface area (Å²) in [6.07, 6.45) is 7.70. The molecule has 0 spiro atoms. The Morgan fingerprint density at radius 3 is 2.70 bits per heavy atom. The Kier molecular flexibility index (Phi) is 3.28. The molecule has 0 atom stereocenters. The number of fused-ring (bicyclic) bond motifs is 1. The van der Waals surface area contributed by atoms with E-state index >= 15 is 0 Å². The Balaban J connectivity index is 1.48. The van der Waals surface area contributed by atoms with E-state index in [0.717, 1.165) is 42.7 Å². The second-order valence-electron chi connectivity index (χ2n) is 6.56. The molecule has 0 aromatic carbocycles. The molecule has 0 unspecified atom stereocenters. The Morgan fingerprint density at radius 2 is 1.91 bits per heavy atom. The van der Waals surface area contributed by atoms with Gasteiger partial charge in [-0.05, 0) is 6.92 Å². The average molecular weight is 311 g/mol. The summed E-state index contributed by atoms with van der Waals surface area (Å²) >= 11 is 0. The number of hydrogen-bond donors (Lipinski definition) is 0. The van der Waals surface area contributed by atoms with Crippen molar-refractivity contribution in [1.29, 1.82) is 0 Å². The van der Waals surface area contributed by atoms with Gasteiger partial charge in [0.15, 0.2) is 5.82 Å². The van der Waals surface area contributed by atoms with Crippen LogP contribution in [0.4, 0.5) is 5.82 Å². The van der Waals surface area contributed by atoms with Gasteiger partial charge in [-0.3, -0.25) is 4.40 Å². The van der Waals surface area contributed by atoms with Crippen molar-refractivity contribution in [2.75, 3.05) is 18.0 Å². The summed E-state index contributed by atoms with van der Waals surface area (Å²) in [6, 6.07) is 0. The number of rotatable bonds is 4. The second kappa shape index (κ2) is 5.33. The van der Waals surface area contributed by atoms with Crippen LogP contribution in [-0.4, -0.2) is 42.2 Å². The van der Waals surface area contributed by atoms with Gasteiger partial charge in [0.1, 0.15) is 11.6 Å². The highest BCUT2D eigenvalue weighted by Crippen LogP contribution is 2.27. The molecule has 0 bridgehead atoms. The number of aryl methyl sites for hydroxylation is 1. The molecule has 23 heavy (non-hydrogen) atoms. The van der Waals surface area contributed by atoms with Crippen LogP contribution >= 0.6 is 0 Å². The SMILES string of the molecule is Cc1nnc2c(N3CC(Cn4ccnc4C(C)C)C3)nccn12. The van der Waals surface area contributed by atoms with E-state index in [1.165, 1.54) is 0 Å². The Bertz CT molecular complexity index is 826. The van der Waals surface area contributed by atoms with E-state index in [4.69, 9.17) is 0 Å². The van der Waals surface area contributed by atoms with Crippen LogP contribution in [-0.2, 0) is 6.54 Å².